The van der Waals surface area contributed by atoms with Gasteiger partial charge in [0.2, 0.25) is 5.78 Å². The molecular weight excluding hydrogens is 376 g/mol. The van der Waals surface area contributed by atoms with E-state index in [-0.39, 0.29) is 33.1 Å². The number of carbonyl (C=O) groups excluding carboxylic acids is 2. The van der Waals surface area contributed by atoms with Crippen molar-refractivity contribution in [3.05, 3.63) is 97.7 Å². The van der Waals surface area contributed by atoms with Crippen molar-refractivity contribution in [2.45, 2.75) is 6.04 Å². The topological polar surface area (TPSA) is 91.4 Å². The number of allylic oxidation sites excluding steroid dienone is 2. The van der Waals surface area contributed by atoms with Crippen molar-refractivity contribution < 1.29 is 14.3 Å². The number of nitrogens with zero attached hydrogens (tertiary/aromatic N) is 1. The average molecular weight is 392 g/mol. The van der Waals surface area contributed by atoms with Gasteiger partial charge in [-0.05, 0) is 17.7 Å². The molecule has 1 atom stereocenters. The molecule has 7 heteroatoms. The predicted octanol–water partition coefficient (Wildman–Crippen LogP) is 2.80. The monoisotopic (exact) mass is 392 g/mol. The number of ketones is 2. The van der Waals surface area contributed by atoms with Crippen molar-refractivity contribution in [2.75, 3.05) is 7.11 Å². The minimum Gasteiger partial charge on any atom is -0.497 e. The molecule has 3 aromatic rings. The molecule has 0 saturated carbocycles. The van der Waals surface area contributed by atoms with Gasteiger partial charge in [-0.15, -0.1) is 0 Å². The molecule has 1 aliphatic rings. The quantitative estimate of drug-likeness (QED) is 0.737. The maximum absolute atomic E-state index is 13.3. The van der Waals surface area contributed by atoms with E-state index in [1.54, 1.807) is 60.1 Å². The number of aromatic nitrogens is 1. The number of ether oxygens (including phenoxy) is 1. The lowest BCUT2D eigenvalue weighted by atomic mass is 9.82. The summed E-state index contributed by atoms with van der Waals surface area (Å²) in [6.45, 7) is 0. The molecule has 2 aromatic carbocycles. The molecule has 0 fully saturated rings. The van der Waals surface area contributed by atoms with Gasteiger partial charge < -0.3 is 10.5 Å². The molecule has 2 N–H and O–H groups in total. The van der Waals surface area contributed by atoms with E-state index in [0.717, 1.165) is 11.3 Å². The van der Waals surface area contributed by atoms with Gasteiger partial charge in [-0.3, -0.25) is 19.0 Å². The molecular formula is C21H16N2O4S. The van der Waals surface area contributed by atoms with Crippen LogP contribution in [0.25, 0.3) is 0 Å². The number of hydrogen-bond donors (Lipinski definition) is 1. The lowest BCUT2D eigenvalue weighted by molar-refractivity contribution is 0.0966. The zero-order valence-corrected chi connectivity index (χ0v) is 15.7. The van der Waals surface area contributed by atoms with Crippen molar-refractivity contribution in [2.24, 2.45) is 5.73 Å². The van der Waals surface area contributed by atoms with Crippen LogP contribution in [0.4, 0.5) is 0 Å². The Morgan fingerprint density at radius 2 is 1.71 bits per heavy atom. The number of carbonyl (C=O) groups is 2. The van der Waals surface area contributed by atoms with E-state index in [9.17, 15) is 14.4 Å². The highest BCUT2D eigenvalue weighted by Crippen LogP contribution is 2.35. The zero-order chi connectivity index (χ0) is 19.8. The van der Waals surface area contributed by atoms with Gasteiger partial charge in [0, 0.05) is 22.7 Å². The Bertz CT molecular complexity index is 1190. The van der Waals surface area contributed by atoms with Crippen molar-refractivity contribution >= 4 is 22.9 Å². The molecule has 4 rings (SSSR count). The van der Waals surface area contributed by atoms with Gasteiger partial charge in [0.15, 0.2) is 5.78 Å². The second-order valence-corrected chi connectivity index (χ2v) is 7.14. The SMILES string of the molecule is COc1cccc(C(C2=C(N)C(=O)c3ccccc3C2=O)n2ccsc2=O)c1. The van der Waals surface area contributed by atoms with Crippen LogP contribution in [0, 0.1) is 0 Å². The fourth-order valence-electron chi connectivity index (χ4n) is 3.43. The summed E-state index contributed by atoms with van der Waals surface area (Å²) >= 11 is 1.01. The van der Waals surface area contributed by atoms with Gasteiger partial charge in [-0.25, -0.2) is 0 Å². The minimum absolute atomic E-state index is 0.0949. The van der Waals surface area contributed by atoms with Gasteiger partial charge >= 0.3 is 4.87 Å². The number of benzene rings is 2. The molecule has 0 bridgehead atoms. The van der Waals surface area contributed by atoms with Crippen molar-refractivity contribution in [3.8, 4) is 5.75 Å². The maximum Gasteiger partial charge on any atom is 0.307 e. The lowest BCUT2D eigenvalue weighted by Gasteiger charge is -2.26. The highest BCUT2D eigenvalue weighted by atomic mass is 32.1. The Balaban J connectivity index is 1.98. The number of nitrogens with two attached hydrogens (primary N) is 1. The number of Topliss-reactive ketones (excluding diaryl/α,β-unsaturated/α-hetero) is 2. The first-order chi connectivity index (χ1) is 13.5. The van der Waals surface area contributed by atoms with E-state index >= 15 is 0 Å². The number of fused-ring (bicyclic) bond motifs is 1. The van der Waals surface area contributed by atoms with E-state index in [1.807, 2.05) is 0 Å². The maximum atomic E-state index is 13.3. The van der Waals surface area contributed by atoms with Crippen LogP contribution in [0.3, 0.4) is 0 Å². The molecule has 1 unspecified atom stereocenters. The first-order valence-corrected chi connectivity index (χ1v) is 9.38. The van der Waals surface area contributed by atoms with E-state index in [2.05, 4.69) is 0 Å². The van der Waals surface area contributed by atoms with Crippen molar-refractivity contribution in [1.82, 2.24) is 4.57 Å². The Morgan fingerprint density at radius 1 is 1.00 bits per heavy atom. The van der Waals surface area contributed by atoms with Crippen LogP contribution >= 0.6 is 11.3 Å². The van der Waals surface area contributed by atoms with E-state index in [4.69, 9.17) is 10.5 Å². The molecule has 140 valence electrons. The van der Waals surface area contributed by atoms with E-state index < -0.39 is 11.8 Å². The summed E-state index contributed by atoms with van der Waals surface area (Å²) in [4.78, 5) is 38.4. The Labute approximate surface area is 164 Å². The second kappa shape index (κ2) is 6.94. The average Bonchev–Trinajstić information content (AvgIpc) is 3.15. The third kappa shape index (κ3) is 2.76. The lowest BCUT2D eigenvalue weighted by Crippen LogP contribution is -2.33. The van der Waals surface area contributed by atoms with Crippen LogP contribution in [0.15, 0.2) is 76.2 Å². The van der Waals surface area contributed by atoms with E-state index in [1.165, 1.54) is 11.7 Å². The summed E-state index contributed by atoms with van der Waals surface area (Å²) in [5.41, 5.74) is 7.29. The number of thiazole rings is 1. The third-order valence-electron chi connectivity index (χ3n) is 4.76. The first-order valence-electron chi connectivity index (χ1n) is 8.50. The fraction of sp³-hybridized carbons (Fsp3) is 0.0952. The summed E-state index contributed by atoms with van der Waals surface area (Å²) in [5, 5.41) is 1.63. The Kier molecular flexibility index (Phi) is 4.44. The number of hydrogen-bond acceptors (Lipinski definition) is 6. The summed E-state index contributed by atoms with van der Waals surface area (Å²) < 4.78 is 6.70. The van der Waals surface area contributed by atoms with Gasteiger partial charge in [0.25, 0.3) is 0 Å². The van der Waals surface area contributed by atoms with Gasteiger partial charge in [-0.1, -0.05) is 47.7 Å². The van der Waals surface area contributed by atoms with Crippen LogP contribution < -0.4 is 15.3 Å². The predicted molar refractivity (Wildman–Crippen MR) is 106 cm³/mol. The molecule has 0 spiro atoms. The first kappa shape index (κ1) is 17.9. The standard InChI is InChI=1S/C21H16N2O4S/c1-27-13-6-4-5-12(11-13)18(23-9-10-28-21(23)26)16-17(22)20(25)15-8-3-2-7-14(15)19(16)24/h2-11,18H,22H2,1H3. The Hall–Kier alpha value is -3.45. The molecule has 1 heterocycles. The molecule has 1 aromatic heterocycles. The summed E-state index contributed by atoms with van der Waals surface area (Å²) in [6, 6.07) is 12.8. The normalized spacial score (nSPS) is 14.8. The van der Waals surface area contributed by atoms with E-state index in [0.29, 0.717) is 11.3 Å². The van der Waals surface area contributed by atoms with Crippen LogP contribution in [-0.2, 0) is 0 Å². The van der Waals surface area contributed by atoms with Gasteiger partial charge in [0.05, 0.1) is 24.4 Å². The summed E-state index contributed by atoms with van der Waals surface area (Å²) in [7, 11) is 1.53. The highest BCUT2D eigenvalue weighted by molar-refractivity contribution is 7.07. The highest BCUT2D eigenvalue weighted by Gasteiger charge is 2.36. The third-order valence-corrected chi connectivity index (χ3v) is 5.43. The molecule has 6 nitrogen and oxygen atoms in total. The molecule has 0 radical (unpaired) electrons. The smallest absolute Gasteiger partial charge is 0.307 e. The van der Waals surface area contributed by atoms with Crippen LogP contribution in [0.2, 0.25) is 0 Å². The molecule has 1 aliphatic carbocycles. The van der Waals surface area contributed by atoms with Crippen LogP contribution in [0.1, 0.15) is 32.3 Å². The van der Waals surface area contributed by atoms with Gasteiger partial charge in [-0.2, -0.15) is 0 Å². The van der Waals surface area contributed by atoms with Gasteiger partial charge in [0.1, 0.15) is 5.75 Å². The number of methoxy groups -OCH3 is 1. The molecule has 0 amide bonds. The minimum atomic E-state index is -0.835. The van der Waals surface area contributed by atoms with Crippen LogP contribution in [0.5, 0.6) is 5.75 Å². The number of rotatable bonds is 4. The van der Waals surface area contributed by atoms with Crippen molar-refractivity contribution in [1.29, 1.82) is 0 Å². The van der Waals surface area contributed by atoms with Crippen molar-refractivity contribution in [3.63, 3.8) is 0 Å². The second-order valence-electron chi connectivity index (χ2n) is 6.29. The fourth-order valence-corrected chi connectivity index (χ4v) is 4.03. The molecule has 28 heavy (non-hydrogen) atoms. The Morgan fingerprint density at radius 3 is 2.36 bits per heavy atom. The molecule has 0 saturated heterocycles. The summed E-state index contributed by atoms with van der Waals surface area (Å²) in [5.74, 6) is -0.208. The molecule has 0 aliphatic heterocycles. The summed E-state index contributed by atoms with van der Waals surface area (Å²) in [6.07, 6.45) is 1.59. The zero-order valence-electron chi connectivity index (χ0n) is 14.9. The van der Waals surface area contributed by atoms with Crippen LogP contribution in [-0.4, -0.2) is 23.2 Å². The largest absolute Gasteiger partial charge is 0.497 e.